The minimum atomic E-state index is 0.540. The van der Waals surface area contributed by atoms with Crippen molar-refractivity contribution >= 4 is 11.3 Å². The van der Waals surface area contributed by atoms with Gasteiger partial charge in [0.05, 0.1) is 10.7 Å². The first-order chi connectivity index (χ1) is 5.81. The van der Waals surface area contributed by atoms with E-state index in [4.69, 9.17) is 5.73 Å². The van der Waals surface area contributed by atoms with Gasteiger partial charge in [-0.05, 0) is 26.2 Å². The van der Waals surface area contributed by atoms with Crippen molar-refractivity contribution in [1.82, 2.24) is 4.98 Å². The standard InChI is InChI=1S/C9H14N2S/c1-6-11-9-7(5-10)3-2-4-8(9)12-6/h7H,2-5,10H2,1H3. The molecule has 0 bridgehead atoms. The Morgan fingerprint density at radius 2 is 2.50 bits per heavy atom. The third-order valence-corrected chi connectivity index (χ3v) is 3.51. The van der Waals surface area contributed by atoms with Gasteiger partial charge >= 0.3 is 0 Å². The van der Waals surface area contributed by atoms with E-state index >= 15 is 0 Å². The Balaban J connectivity index is 2.36. The van der Waals surface area contributed by atoms with Crippen molar-refractivity contribution < 1.29 is 0 Å². The van der Waals surface area contributed by atoms with E-state index < -0.39 is 0 Å². The molecule has 1 aliphatic rings. The molecule has 1 aliphatic carbocycles. The van der Waals surface area contributed by atoms with E-state index in [0.29, 0.717) is 5.92 Å². The lowest BCUT2D eigenvalue weighted by molar-refractivity contribution is 0.553. The Morgan fingerprint density at radius 1 is 1.67 bits per heavy atom. The number of nitrogens with zero attached hydrogens (tertiary/aromatic N) is 1. The van der Waals surface area contributed by atoms with E-state index in [1.807, 2.05) is 11.3 Å². The van der Waals surface area contributed by atoms with Crippen LogP contribution in [0, 0.1) is 6.92 Å². The van der Waals surface area contributed by atoms with Crippen LogP contribution in [0.2, 0.25) is 0 Å². The Kier molecular flexibility index (Phi) is 2.15. The highest BCUT2D eigenvalue weighted by Crippen LogP contribution is 2.33. The van der Waals surface area contributed by atoms with Gasteiger partial charge in [0.1, 0.15) is 0 Å². The zero-order chi connectivity index (χ0) is 8.55. The van der Waals surface area contributed by atoms with Crippen molar-refractivity contribution in [3.8, 4) is 0 Å². The van der Waals surface area contributed by atoms with Gasteiger partial charge in [0.2, 0.25) is 0 Å². The fourth-order valence-electron chi connectivity index (χ4n) is 1.86. The smallest absolute Gasteiger partial charge is 0.0900 e. The molecule has 2 nitrogen and oxygen atoms in total. The van der Waals surface area contributed by atoms with E-state index in [1.165, 1.54) is 34.8 Å². The molecular formula is C9H14N2S. The molecule has 0 radical (unpaired) electrons. The molecule has 1 aromatic rings. The van der Waals surface area contributed by atoms with Gasteiger partial charge in [0.15, 0.2) is 0 Å². The second kappa shape index (κ2) is 3.15. The van der Waals surface area contributed by atoms with Gasteiger partial charge in [-0.3, -0.25) is 0 Å². The van der Waals surface area contributed by atoms with Gasteiger partial charge in [-0.1, -0.05) is 0 Å². The Labute approximate surface area is 76.8 Å². The molecule has 2 N–H and O–H groups in total. The van der Waals surface area contributed by atoms with Crippen molar-refractivity contribution in [2.24, 2.45) is 5.73 Å². The lowest BCUT2D eigenvalue weighted by atomic mass is 9.91. The number of thiazole rings is 1. The summed E-state index contributed by atoms with van der Waals surface area (Å²) in [7, 11) is 0. The molecule has 0 fully saturated rings. The summed E-state index contributed by atoms with van der Waals surface area (Å²) in [4.78, 5) is 6.02. The maximum atomic E-state index is 5.69. The third-order valence-electron chi connectivity index (χ3n) is 2.46. The normalized spacial score (nSPS) is 22.3. The highest BCUT2D eigenvalue weighted by Gasteiger charge is 2.22. The molecule has 0 aliphatic heterocycles. The molecule has 1 aromatic heterocycles. The van der Waals surface area contributed by atoms with Crippen LogP contribution in [0.4, 0.5) is 0 Å². The monoisotopic (exact) mass is 182 g/mol. The highest BCUT2D eigenvalue weighted by atomic mass is 32.1. The fraction of sp³-hybridized carbons (Fsp3) is 0.667. The largest absolute Gasteiger partial charge is 0.330 e. The van der Waals surface area contributed by atoms with Crippen LogP contribution in [0.5, 0.6) is 0 Å². The van der Waals surface area contributed by atoms with Gasteiger partial charge in [-0.2, -0.15) is 0 Å². The fourth-order valence-corrected chi connectivity index (χ4v) is 2.92. The summed E-state index contributed by atoms with van der Waals surface area (Å²) >= 11 is 1.84. The van der Waals surface area contributed by atoms with Gasteiger partial charge < -0.3 is 5.73 Å². The molecule has 1 atom stereocenters. The van der Waals surface area contributed by atoms with Crippen LogP contribution in [0.3, 0.4) is 0 Å². The van der Waals surface area contributed by atoms with Gasteiger partial charge in [0.25, 0.3) is 0 Å². The topological polar surface area (TPSA) is 38.9 Å². The number of hydrogen-bond acceptors (Lipinski definition) is 3. The van der Waals surface area contributed by atoms with Crippen molar-refractivity contribution in [2.75, 3.05) is 6.54 Å². The molecule has 0 aromatic carbocycles. The van der Waals surface area contributed by atoms with Crippen LogP contribution in [0.15, 0.2) is 0 Å². The van der Waals surface area contributed by atoms with Gasteiger partial charge in [-0.25, -0.2) is 4.98 Å². The third kappa shape index (κ3) is 1.27. The lowest BCUT2D eigenvalue weighted by Gasteiger charge is -2.18. The number of fused-ring (bicyclic) bond motifs is 1. The Morgan fingerprint density at radius 3 is 3.25 bits per heavy atom. The van der Waals surface area contributed by atoms with Crippen LogP contribution in [-0.4, -0.2) is 11.5 Å². The summed E-state index contributed by atoms with van der Waals surface area (Å²) < 4.78 is 0. The van der Waals surface area contributed by atoms with E-state index in [0.717, 1.165) is 6.54 Å². The molecule has 12 heavy (non-hydrogen) atoms. The average molecular weight is 182 g/mol. The molecular weight excluding hydrogens is 168 g/mol. The maximum absolute atomic E-state index is 5.69. The quantitative estimate of drug-likeness (QED) is 0.719. The summed E-state index contributed by atoms with van der Waals surface area (Å²) in [5.41, 5.74) is 6.99. The molecule has 0 spiro atoms. The van der Waals surface area contributed by atoms with Gasteiger partial charge in [0, 0.05) is 17.3 Å². The lowest BCUT2D eigenvalue weighted by Crippen LogP contribution is -2.17. The van der Waals surface area contributed by atoms with E-state index in [1.54, 1.807) is 0 Å². The minimum Gasteiger partial charge on any atom is -0.330 e. The molecule has 0 saturated carbocycles. The molecule has 66 valence electrons. The Bertz CT molecular complexity index is 280. The average Bonchev–Trinajstić information content (AvgIpc) is 2.44. The summed E-state index contributed by atoms with van der Waals surface area (Å²) in [6.45, 7) is 2.84. The number of aromatic nitrogens is 1. The number of nitrogens with two attached hydrogens (primary N) is 1. The van der Waals surface area contributed by atoms with Crippen molar-refractivity contribution in [3.63, 3.8) is 0 Å². The molecule has 2 rings (SSSR count). The number of aryl methyl sites for hydroxylation is 2. The van der Waals surface area contributed by atoms with Crippen LogP contribution in [0.25, 0.3) is 0 Å². The second-order valence-corrected chi connectivity index (χ2v) is 4.65. The van der Waals surface area contributed by atoms with Crippen LogP contribution < -0.4 is 5.73 Å². The summed E-state index contributed by atoms with van der Waals surface area (Å²) in [5.74, 6) is 0.540. The molecule has 3 heteroatoms. The van der Waals surface area contributed by atoms with Crippen molar-refractivity contribution in [3.05, 3.63) is 15.6 Å². The number of hydrogen-bond donors (Lipinski definition) is 1. The first-order valence-electron chi connectivity index (χ1n) is 4.47. The van der Waals surface area contributed by atoms with Crippen LogP contribution in [0.1, 0.15) is 34.3 Å². The predicted octanol–water partition coefficient (Wildman–Crippen LogP) is 1.83. The summed E-state index contributed by atoms with van der Waals surface area (Å²) in [6, 6.07) is 0. The van der Waals surface area contributed by atoms with E-state index in [-0.39, 0.29) is 0 Å². The van der Waals surface area contributed by atoms with E-state index in [9.17, 15) is 0 Å². The predicted molar refractivity (Wildman–Crippen MR) is 51.6 cm³/mol. The maximum Gasteiger partial charge on any atom is 0.0900 e. The minimum absolute atomic E-state index is 0.540. The summed E-state index contributed by atoms with van der Waals surface area (Å²) in [6.07, 6.45) is 3.74. The zero-order valence-corrected chi connectivity index (χ0v) is 8.16. The van der Waals surface area contributed by atoms with E-state index in [2.05, 4.69) is 11.9 Å². The molecule has 0 amide bonds. The van der Waals surface area contributed by atoms with Gasteiger partial charge in [-0.15, -0.1) is 11.3 Å². The number of rotatable bonds is 1. The summed E-state index contributed by atoms with van der Waals surface area (Å²) in [5, 5.41) is 1.19. The SMILES string of the molecule is Cc1nc2c(s1)CCCC2CN. The zero-order valence-electron chi connectivity index (χ0n) is 7.34. The van der Waals surface area contributed by atoms with Crippen LogP contribution >= 0.6 is 11.3 Å². The second-order valence-electron chi connectivity index (χ2n) is 3.37. The van der Waals surface area contributed by atoms with Crippen molar-refractivity contribution in [1.29, 1.82) is 0 Å². The van der Waals surface area contributed by atoms with Crippen molar-refractivity contribution in [2.45, 2.75) is 32.1 Å². The van der Waals surface area contributed by atoms with Crippen LogP contribution in [-0.2, 0) is 6.42 Å². The molecule has 1 heterocycles. The first kappa shape index (κ1) is 8.20. The highest BCUT2D eigenvalue weighted by molar-refractivity contribution is 7.11. The first-order valence-corrected chi connectivity index (χ1v) is 5.29. The molecule has 0 saturated heterocycles. The molecule has 1 unspecified atom stereocenters. The Hall–Kier alpha value is -0.410.